The Balaban J connectivity index is 2.05. The molecule has 0 radical (unpaired) electrons. The van der Waals surface area contributed by atoms with Crippen LogP contribution < -0.4 is 0 Å². The average molecular weight is 272 g/mol. The summed E-state index contributed by atoms with van der Waals surface area (Å²) in [5, 5.41) is 10.0. The molecule has 1 heterocycles. The van der Waals surface area contributed by atoms with Gasteiger partial charge in [0.1, 0.15) is 0 Å². The van der Waals surface area contributed by atoms with Gasteiger partial charge in [0.05, 0.1) is 5.52 Å². The van der Waals surface area contributed by atoms with E-state index >= 15 is 0 Å². The number of aliphatic hydroxyl groups is 1. The standard InChI is InChI=1S/C17H24N2O/c1-14-12-15(13-19(2)10-6-3-7-11-20)16-8-4-5-9-17(16)18-14/h4-5,8-9,12,20H,3,6-7,10-11,13H2,1-2H3. The molecule has 0 unspecified atom stereocenters. The van der Waals surface area contributed by atoms with Gasteiger partial charge in [-0.2, -0.15) is 0 Å². The molecule has 0 bridgehead atoms. The lowest BCUT2D eigenvalue weighted by Gasteiger charge is -2.18. The van der Waals surface area contributed by atoms with Crippen LogP contribution >= 0.6 is 0 Å². The molecule has 0 saturated carbocycles. The highest BCUT2D eigenvalue weighted by molar-refractivity contribution is 5.82. The number of benzene rings is 1. The molecule has 3 nitrogen and oxygen atoms in total. The van der Waals surface area contributed by atoms with Crippen molar-refractivity contribution in [3.05, 3.63) is 41.6 Å². The fraction of sp³-hybridized carbons (Fsp3) is 0.471. The number of aliphatic hydroxyl groups excluding tert-OH is 1. The number of hydrogen-bond donors (Lipinski definition) is 1. The minimum Gasteiger partial charge on any atom is -0.396 e. The maximum Gasteiger partial charge on any atom is 0.0708 e. The lowest BCUT2D eigenvalue weighted by atomic mass is 10.1. The first-order valence-corrected chi connectivity index (χ1v) is 7.35. The maximum atomic E-state index is 8.80. The third-order valence-electron chi connectivity index (χ3n) is 3.57. The van der Waals surface area contributed by atoms with Crippen molar-refractivity contribution in [3.8, 4) is 0 Å². The molecule has 2 rings (SSSR count). The number of fused-ring (bicyclic) bond motifs is 1. The van der Waals surface area contributed by atoms with E-state index < -0.39 is 0 Å². The molecule has 0 aliphatic carbocycles. The zero-order valence-electron chi connectivity index (χ0n) is 12.5. The van der Waals surface area contributed by atoms with Gasteiger partial charge in [0.15, 0.2) is 0 Å². The first-order chi connectivity index (χ1) is 9.70. The molecular formula is C17H24N2O. The fourth-order valence-corrected chi connectivity index (χ4v) is 2.57. The third-order valence-corrected chi connectivity index (χ3v) is 3.57. The second kappa shape index (κ2) is 7.36. The topological polar surface area (TPSA) is 36.4 Å². The van der Waals surface area contributed by atoms with E-state index in [1.54, 1.807) is 0 Å². The average Bonchev–Trinajstić information content (AvgIpc) is 2.43. The zero-order chi connectivity index (χ0) is 14.4. The van der Waals surface area contributed by atoms with E-state index in [4.69, 9.17) is 5.11 Å². The van der Waals surface area contributed by atoms with Gasteiger partial charge in [-0.3, -0.25) is 4.98 Å². The van der Waals surface area contributed by atoms with Crippen LogP contribution in [-0.2, 0) is 6.54 Å². The Labute approximate surface area is 121 Å². The van der Waals surface area contributed by atoms with Crippen molar-refractivity contribution in [3.63, 3.8) is 0 Å². The lowest BCUT2D eigenvalue weighted by molar-refractivity contribution is 0.271. The summed E-state index contributed by atoms with van der Waals surface area (Å²) in [6.07, 6.45) is 3.14. The number of hydrogen-bond acceptors (Lipinski definition) is 3. The highest BCUT2D eigenvalue weighted by atomic mass is 16.2. The van der Waals surface area contributed by atoms with Gasteiger partial charge in [-0.1, -0.05) is 18.2 Å². The molecule has 108 valence electrons. The lowest BCUT2D eigenvalue weighted by Crippen LogP contribution is -2.19. The zero-order valence-corrected chi connectivity index (χ0v) is 12.5. The predicted octanol–water partition coefficient (Wildman–Crippen LogP) is 3.14. The van der Waals surface area contributed by atoms with Crippen LogP contribution in [0, 0.1) is 6.92 Å². The molecule has 1 N–H and O–H groups in total. The Morgan fingerprint density at radius 1 is 1.15 bits per heavy atom. The Kier molecular flexibility index (Phi) is 5.50. The van der Waals surface area contributed by atoms with E-state index in [9.17, 15) is 0 Å². The van der Waals surface area contributed by atoms with E-state index in [0.717, 1.165) is 43.6 Å². The van der Waals surface area contributed by atoms with Gasteiger partial charge in [0.25, 0.3) is 0 Å². The summed E-state index contributed by atoms with van der Waals surface area (Å²) in [7, 11) is 2.16. The molecule has 0 atom stereocenters. The molecular weight excluding hydrogens is 248 g/mol. The fourth-order valence-electron chi connectivity index (χ4n) is 2.57. The minimum atomic E-state index is 0.303. The van der Waals surface area contributed by atoms with E-state index in [-0.39, 0.29) is 0 Å². The van der Waals surface area contributed by atoms with Gasteiger partial charge in [-0.15, -0.1) is 0 Å². The quantitative estimate of drug-likeness (QED) is 0.787. The van der Waals surface area contributed by atoms with Crippen LogP contribution in [0.25, 0.3) is 10.9 Å². The van der Waals surface area contributed by atoms with Crippen LogP contribution in [0.1, 0.15) is 30.5 Å². The van der Waals surface area contributed by atoms with Crippen LogP contribution in [0.15, 0.2) is 30.3 Å². The molecule has 0 aliphatic heterocycles. The number of nitrogens with zero attached hydrogens (tertiary/aromatic N) is 2. The van der Waals surface area contributed by atoms with Crippen molar-refractivity contribution in [2.45, 2.75) is 32.7 Å². The Hall–Kier alpha value is -1.45. The molecule has 0 amide bonds. The molecule has 1 aromatic heterocycles. The number of rotatable bonds is 7. The van der Waals surface area contributed by atoms with Crippen molar-refractivity contribution in [1.82, 2.24) is 9.88 Å². The Morgan fingerprint density at radius 2 is 1.95 bits per heavy atom. The number of aryl methyl sites for hydroxylation is 1. The smallest absolute Gasteiger partial charge is 0.0708 e. The SMILES string of the molecule is Cc1cc(CN(C)CCCCCO)c2ccccc2n1. The number of aromatic nitrogens is 1. The summed E-state index contributed by atoms with van der Waals surface area (Å²) < 4.78 is 0. The van der Waals surface area contributed by atoms with Crippen molar-refractivity contribution < 1.29 is 5.11 Å². The predicted molar refractivity (Wildman–Crippen MR) is 83.8 cm³/mol. The molecule has 0 fully saturated rings. The summed E-state index contributed by atoms with van der Waals surface area (Å²) in [6.45, 7) is 4.37. The van der Waals surface area contributed by atoms with Crippen LogP contribution in [0.2, 0.25) is 0 Å². The Morgan fingerprint density at radius 3 is 2.75 bits per heavy atom. The summed E-state index contributed by atoms with van der Waals surface area (Å²) in [6, 6.07) is 10.5. The number of para-hydroxylation sites is 1. The van der Waals surface area contributed by atoms with Crippen molar-refractivity contribution in [2.75, 3.05) is 20.2 Å². The summed E-state index contributed by atoms with van der Waals surface area (Å²) >= 11 is 0. The van der Waals surface area contributed by atoms with Gasteiger partial charge in [0.2, 0.25) is 0 Å². The molecule has 1 aromatic carbocycles. The molecule has 3 heteroatoms. The third kappa shape index (κ3) is 4.02. The van der Waals surface area contributed by atoms with Crippen molar-refractivity contribution in [1.29, 1.82) is 0 Å². The monoisotopic (exact) mass is 272 g/mol. The summed E-state index contributed by atoms with van der Waals surface area (Å²) in [5.41, 5.74) is 3.50. The highest BCUT2D eigenvalue weighted by Gasteiger charge is 2.06. The molecule has 20 heavy (non-hydrogen) atoms. The number of pyridine rings is 1. The first-order valence-electron chi connectivity index (χ1n) is 7.35. The van der Waals surface area contributed by atoms with E-state index in [1.165, 1.54) is 10.9 Å². The van der Waals surface area contributed by atoms with Crippen molar-refractivity contribution >= 4 is 10.9 Å². The van der Waals surface area contributed by atoms with Crippen LogP contribution in [0.4, 0.5) is 0 Å². The molecule has 0 spiro atoms. The second-order valence-corrected chi connectivity index (χ2v) is 5.46. The first kappa shape index (κ1) is 14.9. The highest BCUT2D eigenvalue weighted by Crippen LogP contribution is 2.19. The van der Waals surface area contributed by atoms with Gasteiger partial charge in [-0.05, 0) is 57.5 Å². The number of unbranched alkanes of at least 4 members (excludes halogenated alkanes) is 2. The maximum absolute atomic E-state index is 8.80. The van der Waals surface area contributed by atoms with Gasteiger partial charge >= 0.3 is 0 Å². The van der Waals surface area contributed by atoms with Gasteiger partial charge < -0.3 is 10.0 Å². The van der Waals surface area contributed by atoms with E-state index in [2.05, 4.69) is 48.1 Å². The van der Waals surface area contributed by atoms with Crippen LogP contribution in [0.5, 0.6) is 0 Å². The molecule has 2 aromatic rings. The van der Waals surface area contributed by atoms with E-state index in [0.29, 0.717) is 6.61 Å². The largest absolute Gasteiger partial charge is 0.396 e. The van der Waals surface area contributed by atoms with E-state index in [1.807, 2.05) is 6.07 Å². The normalized spacial score (nSPS) is 11.4. The molecule has 0 aliphatic rings. The summed E-state index contributed by atoms with van der Waals surface area (Å²) in [5.74, 6) is 0. The van der Waals surface area contributed by atoms with Crippen LogP contribution in [0.3, 0.4) is 0 Å². The van der Waals surface area contributed by atoms with Gasteiger partial charge in [-0.25, -0.2) is 0 Å². The second-order valence-electron chi connectivity index (χ2n) is 5.46. The minimum absolute atomic E-state index is 0.303. The van der Waals surface area contributed by atoms with Gasteiger partial charge in [0, 0.05) is 24.2 Å². The van der Waals surface area contributed by atoms with Crippen molar-refractivity contribution in [2.24, 2.45) is 0 Å². The summed E-state index contributed by atoms with van der Waals surface area (Å²) in [4.78, 5) is 6.93. The van der Waals surface area contributed by atoms with Crippen LogP contribution in [-0.4, -0.2) is 35.2 Å². The Bertz CT molecular complexity index is 554. The molecule has 0 saturated heterocycles.